The van der Waals surface area contributed by atoms with E-state index < -0.39 is 11.7 Å². The molecule has 3 nitrogen and oxygen atoms in total. The minimum absolute atomic E-state index is 0.333. The van der Waals surface area contributed by atoms with E-state index in [1.807, 2.05) is 4.90 Å². The number of carbonyl (C=O) groups excluding carboxylic acids is 1. The van der Waals surface area contributed by atoms with E-state index in [-0.39, 0.29) is 5.91 Å². The highest BCUT2D eigenvalue weighted by atomic mass is 19.4. The molecule has 1 fully saturated rings. The topological polar surface area (TPSA) is 46.3 Å². The third kappa shape index (κ3) is 5.49. The average Bonchev–Trinajstić information content (AvgIpc) is 2.90. The van der Waals surface area contributed by atoms with Crippen LogP contribution in [0, 0.1) is 0 Å². The first-order chi connectivity index (χ1) is 9.71. The molecule has 0 unspecified atom stereocenters. The Labute approximate surface area is 122 Å². The van der Waals surface area contributed by atoms with E-state index in [9.17, 15) is 18.0 Å². The Bertz CT molecular complexity index is 502. The first-order valence-electron chi connectivity index (χ1n) is 6.59. The Morgan fingerprint density at radius 2 is 1.81 bits per heavy atom. The molecule has 0 atom stereocenters. The van der Waals surface area contributed by atoms with Gasteiger partial charge in [0.1, 0.15) is 0 Å². The highest BCUT2D eigenvalue weighted by Gasteiger charge is 2.30. The SMILES string of the molecule is C=C(c1cccc(C(F)(F)F)c1)N1CCCC1.CC(N)=O. The van der Waals surface area contributed by atoms with Gasteiger partial charge in [0.15, 0.2) is 0 Å². The fourth-order valence-corrected chi connectivity index (χ4v) is 2.04. The van der Waals surface area contributed by atoms with Crippen LogP contribution in [0.2, 0.25) is 0 Å². The van der Waals surface area contributed by atoms with Crippen molar-refractivity contribution >= 4 is 11.6 Å². The molecule has 0 radical (unpaired) electrons. The third-order valence-corrected chi connectivity index (χ3v) is 3.01. The zero-order valence-electron chi connectivity index (χ0n) is 11.9. The molecular formula is C15H19F3N2O. The molecule has 1 aromatic carbocycles. The van der Waals surface area contributed by atoms with E-state index in [4.69, 9.17) is 0 Å². The lowest BCUT2D eigenvalue weighted by Gasteiger charge is -2.21. The number of alkyl halides is 3. The fourth-order valence-electron chi connectivity index (χ4n) is 2.04. The number of amides is 1. The molecule has 1 heterocycles. The van der Waals surface area contributed by atoms with Crippen molar-refractivity contribution in [2.24, 2.45) is 5.73 Å². The highest BCUT2D eigenvalue weighted by molar-refractivity contribution is 5.70. The lowest BCUT2D eigenvalue weighted by Crippen LogP contribution is -2.17. The molecule has 0 aliphatic carbocycles. The summed E-state index contributed by atoms with van der Waals surface area (Å²) in [4.78, 5) is 11.3. The molecule has 2 N–H and O–H groups in total. The number of hydrogen-bond acceptors (Lipinski definition) is 2. The van der Waals surface area contributed by atoms with Gasteiger partial charge >= 0.3 is 6.18 Å². The van der Waals surface area contributed by atoms with Gasteiger partial charge in [-0.15, -0.1) is 0 Å². The standard InChI is InChI=1S/C13H14F3N.C2H5NO/c1-10(17-7-2-3-8-17)11-5-4-6-12(9-11)13(14,15)16;1-2(3)4/h4-6,9H,1-3,7-8H2;1H3,(H2,3,4). The van der Waals surface area contributed by atoms with Gasteiger partial charge in [0.05, 0.1) is 5.56 Å². The van der Waals surface area contributed by atoms with Gasteiger partial charge in [0.25, 0.3) is 0 Å². The Hall–Kier alpha value is -1.98. The molecule has 116 valence electrons. The molecule has 0 aromatic heterocycles. The van der Waals surface area contributed by atoms with E-state index >= 15 is 0 Å². The van der Waals surface area contributed by atoms with E-state index in [1.165, 1.54) is 19.1 Å². The number of nitrogens with two attached hydrogens (primary N) is 1. The van der Waals surface area contributed by atoms with E-state index in [1.54, 1.807) is 6.07 Å². The fraction of sp³-hybridized carbons (Fsp3) is 0.400. The first kappa shape index (κ1) is 17.1. The third-order valence-electron chi connectivity index (χ3n) is 3.01. The van der Waals surface area contributed by atoms with Gasteiger partial charge < -0.3 is 10.6 Å². The molecule has 0 saturated carbocycles. The number of nitrogens with zero attached hydrogens (tertiary/aromatic N) is 1. The summed E-state index contributed by atoms with van der Waals surface area (Å²) in [5.41, 5.74) is 5.10. The van der Waals surface area contributed by atoms with Crippen LogP contribution in [-0.2, 0) is 11.0 Å². The average molecular weight is 300 g/mol. The van der Waals surface area contributed by atoms with E-state index in [2.05, 4.69) is 12.3 Å². The van der Waals surface area contributed by atoms with Gasteiger partial charge in [-0.05, 0) is 30.5 Å². The van der Waals surface area contributed by atoms with Crippen LogP contribution in [0.4, 0.5) is 13.2 Å². The zero-order chi connectivity index (χ0) is 16.0. The van der Waals surface area contributed by atoms with Gasteiger partial charge in [0, 0.05) is 25.7 Å². The first-order valence-corrected chi connectivity index (χ1v) is 6.59. The molecule has 21 heavy (non-hydrogen) atoms. The second-order valence-corrected chi connectivity index (χ2v) is 4.83. The van der Waals surface area contributed by atoms with E-state index in [0.29, 0.717) is 11.3 Å². The van der Waals surface area contributed by atoms with Crippen molar-refractivity contribution in [2.45, 2.75) is 25.9 Å². The minimum Gasteiger partial charge on any atom is -0.372 e. The van der Waals surface area contributed by atoms with Crippen molar-refractivity contribution in [1.29, 1.82) is 0 Å². The highest BCUT2D eigenvalue weighted by Crippen LogP contribution is 2.31. The molecule has 1 aromatic rings. The smallest absolute Gasteiger partial charge is 0.372 e. The van der Waals surface area contributed by atoms with Crippen LogP contribution in [0.25, 0.3) is 5.70 Å². The van der Waals surface area contributed by atoms with Crippen molar-refractivity contribution in [3.05, 3.63) is 42.0 Å². The van der Waals surface area contributed by atoms with Crippen molar-refractivity contribution < 1.29 is 18.0 Å². The van der Waals surface area contributed by atoms with Crippen molar-refractivity contribution in [1.82, 2.24) is 4.90 Å². The quantitative estimate of drug-likeness (QED) is 0.911. The largest absolute Gasteiger partial charge is 0.416 e. The van der Waals surface area contributed by atoms with Crippen LogP contribution in [0.1, 0.15) is 30.9 Å². The molecule has 1 aliphatic rings. The molecule has 0 spiro atoms. The van der Waals surface area contributed by atoms with Gasteiger partial charge in [0.2, 0.25) is 5.91 Å². The molecular weight excluding hydrogens is 281 g/mol. The van der Waals surface area contributed by atoms with Crippen LogP contribution < -0.4 is 5.73 Å². The maximum absolute atomic E-state index is 12.6. The maximum Gasteiger partial charge on any atom is 0.416 e. The molecule has 1 aliphatic heterocycles. The number of halogens is 3. The lowest BCUT2D eigenvalue weighted by molar-refractivity contribution is -0.137. The lowest BCUT2D eigenvalue weighted by atomic mass is 10.1. The van der Waals surface area contributed by atoms with Crippen LogP contribution in [0.5, 0.6) is 0 Å². The summed E-state index contributed by atoms with van der Waals surface area (Å²) in [7, 11) is 0. The summed E-state index contributed by atoms with van der Waals surface area (Å²) in [6.45, 7) is 6.96. The normalized spacial score (nSPS) is 14.4. The molecule has 0 bridgehead atoms. The predicted octanol–water partition coefficient (Wildman–Crippen LogP) is 3.26. The number of likely N-dealkylation sites (tertiary alicyclic amines) is 1. The number of benzene rings is 1. The van der Waals surface area contributed by atoms with Crippen LogP contribution in [0.3, 0.4) is 0 Å². The van der Waals surface area contributed by atoms with Crippen molar-refractivity contribution in [2.75, 3.05) is 13.1 Å². The Morgan fingerprint density at radius 3 is 2.29 bits per heavy atom. The van der Waals surface area contributed by atoms with Crippen molar-refractivity contribution in [3.8, 4) is 0 Å². The molecule has 6 heteroatoms. The summed E-state index contributed by atoms with van der Waals surface area (Å²) >= 11 is 0. The van der Waals surface area contributed by atoms with Gasteiger partial charge in [-0.1, -0.05) is 18.7 Å². The maximum atomic E-state index is 12.6. The Kier molecular flexibility index (Phi) is 5.81. The zero-order valence-corrected chi connectivity index (χ0v) is 11.9. The van der Waals surface area contributed by atoms with Gasteiger partial charge in [-0.25, -0.2) is 0 Å². The molecule has 1 amide bonds. The monoisotopic (exact) mass is 300 g/mol. The van der Waals surface area contributed by atoms with Gasteiger partial charge in [-0.3, -0.25) is 4.79 Å². The Balaban J connectivity index is 0.000000491. The van der Waals surface area contributed by atoms with Crippen molar-refractivity contribution in [3.63, 3.8) is 0 Å². The number of carbonyl (C=O) groups is 1. The summed E-state index contributed by atoms with van der Waals surface area (Å²) in [6.07, 6.45) is -2.13. The second-order valence-electron chi connectivity index (χ2n) is 4.83. The predicted molar refractivity (Wildman–Crippen MR) is 76.2 cm³/mol. The van der Waals surface area contributed by atoms with E-state index in [0.717, 1.165) is 32.0 Å². The molecule has 2 rings (SSSR count). The number of hydrogen-bond donors (Lipinski definition) is 1. The number of primary amides is 1. The summed E-state index contributed by atoms with van der Waals surface area (Å²) < 4.78 is 37.7. The summed E-state index contributed by atoms with van der Waals surface area (Å²) in [5, 5.41) is 0. The van der Waals surface area contributed by atoms with Crippen LogP contribution >= 0.6 is 0 Å². The van der Waals surface area contributed by atoms with Crippen LogP contribution in [-0.4, -0.2) is 23.9 Å². The van der Waals surface area contributed by atoms with Crippen LogP contribution in [0.15, 0.2) is 30.8 Å². The minimum atomic E-state index is -4.29. The Morgan fingerprint density at radius 1 is 1.29 bits per heavy atom. The summed E-state index contributed by atoms with van der Waals surface area (Å²) in [6, 6.07) is 5.36. The summed E-state index contributed by atoms with van der Waals surface area (Å²) in [5.74, 6) is -0.333. The second kappa shape index (κ2) is 7.15. The number of rotatable bonds is 2. The van der Waals surface area contributed by atoms with Gasteiger partial charge in [-0.2, -0.15) is 13.2 Å². The molecule has 1 saturated heterocycles.